The Kier molecular flexibility index (Phi) is 4.55. The van der Waals surface area contributed by atoms with Crippen LogP contribution < -0.4 is 0 Å². The number of rotatable bonds is 1. The number of aliphatic imine (C=N–C) groups is 1. The minimum absolute atomic E-state index is 0.630. The van der Waals surface area contributed by atoms with Crippen LogP contribution in [0.4, 0.5) is 0 Å². The molecule has 0 fully saturated rings. The zero-order valence-electron chi connectivity index (χ0n) is 6.80. The summed E-state index contributed by atoms with van der Waals surface area (Å²) >= 11 is 0. The van der Waals surface area contributed by atoms with Gasteiger partial charge >= 0.3 is 0 Å². The highest BCUT2D eigenvalue weighted by Gasteiger charge is 2.04. The Morgan fingerprint density at radius 1 is 1.50 bits per heavy atom. The number of hydrogen-bond acceptors (Lipinski definition) is 1. The Balaban J connectivity index is 0.000000371. The van der Waals surface area contributed by atoms with E-state index in [0.29, 0.717) is 5.92 Å². The van der Waals surface area contributed by atoms with Gasteiger partial charge in [0.2, 0.25) is 0 Å². The van der Waals surface area contributed by atoms with Crippen molar-refractivity contribution in [1.82, 2.24) is 0 Å². The van der Waals surface area contributed by atoms with Crippen molar-refractivity contribution in [2.24, 2.45) is 10.9 Å². The first-order chi connectivity index (χ1) is 4.80. The minimum Gasteiger partial charge on any atom is -0.265 e. The van der Waals surface area contributed by atoms with Crippen LogP contribution in [-0.2, 0) is 0 Å². The molecule has 0 aromatic carbocycles. The standard InChI is InChI=1S/C7H11N.C2H4/c1-6(2)7-4-3-5-8-7;1-2/h3,5-6H,4H2,1-2H3;1-2H2. The van der Waals surface area contributed by atoms with Gasteiger partial charge in [-0.1, -0.05) is 19.9 Å². The molecule has 1 aliphatic heterocycles. The molecule has 0 spiro atoms. The maximum absolute atomic E-state index is 4.17. The van der Waals surface area contributed by atoms with Gasteiger partial charge in [0.05, 0.1) is 0 Å². The molecular formula is C9H15N. The molecule has 0 unspecified atom stereocenters. The summed E-state index contributed by atoms with van der Waals surface area (Å²) in [5.74, 6) is 0.630. The maximum atomic E-state index is 4.17. The summed E-state index contributed by atoms with van der Waals surface area (Å²) in [7, 11) is 0. The SMILES string of the molecule is C=C.CC(C)C1=NC=CC1. The molecule has 0 N–H and O–H groups in total. The van der Waals surface area contributed by atoms with Crippen LogP contribution in [0.3, 0.4) is 0 Å². The molecule has 1 heterocycles. The van der Waals surface area contributed by atoms with Gasteiger partial charge in [-0.25, -0.2) is 0 Å². The summed E-state index contributed by atoms with van der Waals surface area (Å²) in [6, 6.07) is 0. The largest absolute Gasteiger partial charge is 0.265 e. The van der Waals surface area contributed by atoms with Crippen LogP contribution in [0.1, 0.15) is 20.3 Å². The van der Waals surface area contributed by atoms with Crippen LogP contribution >= 0.6 is 0 Å². The van der Waals surface area contributed by atoms with Gasteiger partial charge in [-0.2, -0.15) is 0 Å². The van der Waals surface area contributed by atoms with Crippen molar-refractivity contribution in [3.8, 4) is 0 Å². The Morgan fingerprint density at radius 2 is 2.10 bits per heavy atom. The average Bonchev–Trinajstić information content (AvgIpc) is 2.42. The van der Waals surface area contributed by atoms with E-state index in [2.05, 4.69) is 38.1 Å². The van der Waals surface area contributed by atoms with E-state index in [-0.39, 0.29) is 0 Å². The molecule has 1 heteroatoms. The molecule has 10 heavy (non-hydrogen) atoms. The summed E-state index contributed by atoms with van der Waals surface area (Å²) in [6.07, 6.45) is 5.04. The van der Waals surface area contributed by atoms with E-state index in [1.165, 1.54) is 5.71 Å². The molecule has 0 radical (unpaired) electrons. The highest BCUT2D eigenvalue weighted by Crippen LogP contribution is 2.07. The summed E-state index contributed by atoms with van der Waals surface area (Å²) in [6.45, 7) is 10.3. The molecule has 56 valence electrons. The first-order valence-electron chi connectivity index (χ1n) is 3.52. The van der Waals surface area contributed by atoms with Crippen LogP contribution in [0, 0.1) is 5.92 Å². The van der Waals surface area contributed by atoms with E-state index in [1.54, 1.807) is 0 Å². The van der Waals surface area contributed by atoms with Gasteiger partial charge in [-0.3, -0.25) is 4.99 Å². The second kappa shape index (κ2) is 4.98. The normalized spacial score (nSPS) is 14.5. The van der Waals surface area contributed by atoms with E-state index in [0.717, 1.165) is 6.42 Å². The molecule has 0 aliphatic carbocycles. The molecule has 0 bridgehead atoms. The molecule has 0 atom stereocenters. The van der Waals surface area contributed by atoms with Crippen molar-refractivity contribution >= 4 is 5.71 Å². The second-order valence-corrected chi connectivity index (χ2v) is 2.36. The molecule has 0 aromatic heterocycles. The topological polar surface area (TPSA) is 12.4 Å². The molecular weight excluding hydrogens is 122 g/mol. The molecule has 1 rings (SSSR count). The van der Waals surface area contributed by atoms with Crippen molar-refractivity contribution in [2.75, 3.05) is 0 Å². The molecule has 0 amide bonds. The van der Waals surface area contributed by atoms with Crippen LogP contribution in [0.2, 0.25) is 0 Å². The van der Waals surface area contributed by atoms with E-state index in [9.17, 15) is 0 Å². The van der Waals surface area contributed by atoms with Crippen LogP contribution in [0.25, 0.3) is 0 Å². The predicted octanol–water partition coefficient (Wildman–Crippen LogP) is 2.80. The van der Waals surface area contributed by atoms with E-state index >= 15 is 0 Å². The Labute approximate surface area is 63.2 Å². The van der Waals surface area contributed by atoms with E-state index < -0.39 is 0 Å². The number of nitrogens with zero attached hydrogens (tertiary/aromatic N) is 1. The number of hydrogen-bond donors (Lipinski definition) is 0. The fraction of sp³-hybridized carbons (Fsp3) is 0.444. The van der Waals surface area contributed by atoms with Gasteiger partial charge in [0.1, 0.15) is 0 Å². The highest BCUT2D eigenvalue weighted by atomic mass is 14.7. The quantitative estimate of drug-likeness (QED) is 0.493. The zero-order valence-corrected chi connectivity index (χ0v) is 6.80. The fourth-order valence-electron chi connectivity index (χ4n) is 0.759. The lowest BCUT2D eigenvalue weighted by atomic mass is 10.1. The highest BCUT2D eigenvalue weighted by molar-refractivity contribution is 5.89. The third-order valence-corrected chi connectivity index (χ3v) is 1.34. The predicted molar refractivity (Wildman–Crippen MR) is 47.3 cm³/mol. The smallest absolute Gasteiger partial charge is 0.0242 e. The van der Waals surface area contributed by atoms with Crippen molar-refractivity contribution in [1.29, 1.82) is 0 Å². The van der Waals surface area contributed by atoms with Gasteiger partial charge < -0.3 is 0 Å². The Morgan fingerprint density at radius 3 is 2.30 bits per heavy atom. The van der Waals surface area contributed by atoms with Crippen LogP contribution in [0.5, 0.6) is 0 Å². The lowest BCUT2D eigenvalue weighted by Crippen LogP contribution is -2.02. The van der Waals surface area contributed by atoms with Gasteiger partial charge in [0.15, 0.2) is 0 Å². The number of allylic oxidation sites excluding steroid dienone is 1. The van der Waals surface area contributed by atoms with Gasteiger partial charge in [-0.15, -0.1) is 13.2 Å². The minimum atomic E-state index is 0.630. The van der Waals surface area contributed by atoms with Crippen LogP contribution in [0.15, 0.2) is 30.4 Å². The second-order valence-electron chi connectivity index (χ2n) is 2.36. The van der Waals surface area contributed by atoms with Gasteiger partial charge in [0, 0.05) is 18.3 Å². The first kappa shape index (κ1) is 9.15. The van der Waals surface area contributed by atoms with Crippen molar-refractivity contribution < 1.29 is 0 Å². The third kappa shape index (κ3) is 2.62. The zero-order chi connectivity index (χ0) is 7.98. The van der Waals surface area contributed by atoms with E-state index in [4.69, 9.17) is 0 Å². The molecule has 1 aliphatic rings. The fourth-order valence-corrected chi connectivity index (χ4v) is 0.759. The first-order valence-corrected chi connectivity index (χ1v) is 3.52. The summed E-state index contributed by atoms with van der Waals surface area (Å²) in [5, 5.41) is 0. The Hall–Kier alpha value is -0.850. The molecule has 0 saturated carbocycles. The molecule has 0 aromatic rings. The summed E-state index contributed by atoms with van der Waals surface area (Å²) in [5.41, 5.74) is 1.31. The lowest BCUT2D eigenvalue weighted by Gasteiger charge is -2.00. The monoisotopic (exact) mass is 137 g/mol. The summed E-state index contributed by atoms with van der Waals surface area (Å²) in [4.78, 5) is 4.17. The van der Waals surface area contributed by atoms with Crippen LogP contribution in [-0.4, -0.2) is 5.71 Å². The van der Waals surface area contributed by atoms with Crippen molar-refractivity contribution in [2.45, 2.75) is 20.3 Å². The molecule has 0 saturated heterocycles. The molecule has 1 nitrogen and oxygen atoms in total. The maximum Gasteiger partial charge on any atom is 0.0242 e. The average molecular weight is 137 g/mol. The summed E-state index contributed by atoms with van der Waals surface area (Å²) < 4.78 is 0. The van der Waals surface area contributed by atoms with Gasteiger partial charge in [0.25, 0.3) is 0 Å². The third-order valence-electron chi connectivity index (χ3n) is 1.34. The van der Waals surface area contributed by atoms with Crippen molar-refractivity contribution in [3.05, 3.63) is 25.4 Å². The van der Waals surface area contributed by atoms with E-state index in [1.807, 2.05) is 6.20 Å². The van der Waals surface area contributed by atoms with Crippen molar-refractivity contribution in [3.63, 3.8) is 0 Å². The lowest BCUT2D eigenvalue weighted by molar-refractivity contribution is 0.872. The Bertz CT molecular complexity index is 143. The van der Waals surface area contributed by atoms with Gasteiger partial charge in [-0.05, 0) is 5.92 Å².